The second-order valence-electron chi connectivity index (χ2n) is 6.60. The van der Waals surface area contributed by atoms with Crippen LogP contribution in [-0.2, 0) is 11.3 Å². The van der Waals surface area contributed by atoms with Crippen LogP contribution >= 0.6 is 0 Å². The molecule has 7 heteroatoms. The van der Waals surface area contributed by atoms with E-state index in [4.69, 9.17) is 20.9 Å². The molecule has 0 aromatic heterocycles. The third-order valence-corrected chi connectivity index (χ3v) is 4.17. The van der Waals surface area contributed by atoms with Crippen molar-refractivity contribution in [1.29, 1.82) is 0 Å². The van der Waals surface area contributed by atoms with Gasteiger partial charge in [0.25, 0.3) is 0 Å². The van der Waals surface area contributed by atoms with E-state index in [9.17, 15) is 4.79 Å². The van der Waals surface area contributed by atoms with Crippen LogP contribution < -0.4 is 21.5 Å². The van der Waals surface area contributed by atoms with Gasteiger partial charge < -0.3 is 26.3 Å². The van der Waals surface area contributed by atoms with Gasteiger partial charge in [-0.25, -0.2) is 4.99 Å². The number of carbonyl (C=O) groups is 1. The molecule has 1 aliphatic rings. The largest absolute Gasteiger partial charge is 0.496 e. The molecule has 146 valence electrons. The van der Waals surface area contributed by atoms with Gasteiger partial charge in [-0.15, -0.1) is 0 Å². The van der Waals surface area contributed by atoms with Gasteiger partial charge in [0.1, 0.15) is 18.1 Å². The average Bonchev–Trinajstić information content (AvgIpc) is 3.11. The molecular weight excluding hydrogens is 356 g/mol. The third kappa shape index (κ3) is 5.26. The molecule has 5 N–H and O–H groups in total. The molecule has 7 nitrogen and oxygen atoms in total. The smallest absolute Gasteiger partial charge is 0.248 e. The van der Waals surface area contributed by atoms with Crippen LogP contribution in [0.1, 0.15) is 22.8 Å². The Morgan fingerprint density at radius 3 is 2.71 bits per heavy atom. The summed E-state index contributed by atoms with van der Waals surface area (Å²) in [5.41, 5.74) is 13.3. The Hall–Kier alpha value is -3.48. The summed E-state index contributed by atoms with van der Waals surface area (Å²) < 4.78 is 11.4. The zero-order chi connectivity index (χ0) is 19.9. The van der Waals surface area contributed by atoms with Crippen molar-refractivity contribution in [3.63, 3.8) is 0 Å². The summed E-state index contributed by atoms with van der Waals surface area (Å²) in [5.74, 6) is 1.35. The lowest BCUT2D eigenvalue weighted by Crippen LogP contribution is -2.23. The molecule has 1 heterocycles. The van der Waals surface area contributed by atoms with Crippen molar-refractivity contribution in [1.82, 2.24) is 0 Å². The molecule has 1 amide bonds. The van der Waals surface area contributed by atoms with Gasteiger partial charge in [-0.1, -0.05) is 37.3 Å². The minimum Gasteiger partial charge on any atom is -0.496 e. The summed E-state index contributed by atoms with van der Waals surface area (Å²) in [6, 6.07) is 14.6. The fourth-order valence-electron chi connectivity index (χ4n) is 2.72. The second kappa shape index (κ2) is 8.94. The van der Waals surface area contributed by atoms with Crippen LogP contribution in [0.2, 0.25) is 0 Å². The first kappa shape index (κ1) is 19.3. The minimum absolute atomic E-state index is 0.223. The summed E-state index contributed by atoms with van der Waals surface area (Å²) in [6.45, 7) is 3.45. The number of nitrogens with one attached hydrogen (secondary N) is 1. The number of hydrogen-bond donors (Lipinski definition) is 3. The molecule has 0 radical (unpaired) electrons. The number of carbonyl (C=O) groups excluding carboxylic acids is 1. The van der Waals surface area contributed by atoms with Gasteiger partial charge in [0.15, 0.2) is 5.96 Å². The number of nitrogens with zero attached hydrogens (tertiary/aromatic N) is 1. The highest BCUT2D eigenvalue weighted by Crippen LogP contribution is 2.27. The van der Waals surface area contributed by atoms with Crippen molar-refractivity contribution in [3.05, 3.63) is 71.5 Å². The van der Waals surface area contributed by atoms with E-state index < -0.39 is 5.91 Å². The molecule has 2 aromatic carbocycles. The van der Waals surface area contributed by atoms with Crippen LogP contribution in [0, 0.1) is 5.92 Å². The van der Waals surface area contributed by atoms with Gasteiger partial charge in [0, 0.05) is 11.5 Å². The van der Waals surface area contributed by atoms with Gasteiger partial charge in [-0.05, 0) is 29.8 Å². The highest BCUT2D eigenvalue weighted by Gasteiger charge is 2.13. The first-order chi connectivity index (χ1) is 13.5. The number of aliphatic imine (C=N–C) groups is 1. The molecule has 2 aromatic rings. The number of guanidine groups is 1. The van der Waals surface area contributed by atoms with Gasteiger partial charge in [-0.2, -0.15) is 0 Å². The van der Waals surface area contributed by atoms with E-state index >= 15 is 0 Å². The van der Waals surface area contributed by atoms with Crippen molar-refractivity contribution < 1.29 is 14.3 Å². The molecule has 28 heavy (non-hydrogen) atoms. The van der Waals surface area contributed by atoms with Crippen molar-refractivity contribution in [2.45, 2.75) is 13.5 Å². The molecule has 1 unspecified atom stereocenters. The summed E-state index contributed by atoms with van der Waals surface area (Å²) in [4.78, 5) is 15.8. The van der Waals surface area contributed by atoms with E-state index in [2.05, 4.69) is 17.2 Å². The fourth-order valence-corrected chi connectivity index (χ4v) is 2.72. The predicted molar refractivity (Wildman–Crippen MR) is 109 cm³/mol. The van der Waals surface area contributed by atoms with E-state index in [1.54, 1.807) is 18.2 Å². The standard InChI is InChI=1S/C21H24N4O3/c1-14-9-17(27-12-14)11-24-21(23)25-18-8-7-16(20(22)26)10-19(18)28-13-15-5-3-2-4-6-15/h2-10,14H,11-13H2,1H3,(H2,22,26)(H3,23,24,25). The average molecular weight is 380 g/mol. The first-order valence-electron chi connectivity index (χ1n) is 9.02. The molecule has 0 fully saturated rings. The number of ether oxygens (including phenoxy) is 2. The molecule has 0 spiro atoms. The molecule has 1 aliphatic heterocycles. The summed E-state index contributed by atoms with van der Waals surface area (Å²) in [6.07, 6.45) is 2.03. The zero-order valence-electron chi connectivity index (χ0n) is 15.7. The van der Waals surface area contributed by atoms with Crippen LogP contribution in [0.4, 0.5) is 5.69 Å². The van der Waals surface area contributed by atoms with Crippen molar-refractivity contribution in [3.8, 4) is 5.75 Å². The van der Waals surface area contributed by atoms with E-state index in [1.807, 2.05) is 36.4 Å². The molecular formula is C21H24N4O3. The number of rotatable bonds is 7. The lowest BCUT2D eigenvalue weighted by Gasteiger charge is -2.14. The minimum atomic E-state index is -0.530. The highest BCUT2D eigenvalue weighted by molar-refractivity contribution is 5.97. The molecule has 0 bridgehead atoms. The first-order valence-corrected chi connectivity index (χ1v) is 9.02. The second-order valence-corrected chi connectivity index (χ2v) is 6.60. The maximum Gasteiger partial charge on any atom is 0.248 e. The fraction of sp³-hybridized carbons (Fsp3) is 0.238. The summed E-state index contributed by atoms with van der Waals surface area (Å²) >= 11 is 0. The Balaban J connectivity index is 1.73. The number of primary amides is 1. The Labute approximate surface area is 164 Å². The van der Waals surface area contributed by atoms with Gasteiger partial charge >= 0.3 is 0 Å². The Morgan fingerprint density at radius 2 is 2.04 bits per heavy atom. The van der Waals surface area contributed by atoms with Gasteiger partial charge in [0.2, 0.25) is 5.91 Å². The van der Waals surface area contributed by atoms with Crippen LogP contribution in [0.5, 0.6) is 5.75 Å². The Morgan fingerprint density at radius 1 is 1.25 bits per heavy atom. The molecule has 0 aliphatic carbocycles. The Bertz CT molecular complexity index is 894. The lowest BCUT2D eigenvalue weighted by atomic mass is 10.1. The topological polar surface area (TPSA) is 112 Å². The monoisotopic (exact) mass is 380 g/mol. The van der Waals surface area contributed by atoms with Crippen LogP contribution in [0.15, 0.2) is 65.4 Å². The quantitative estimate of drug-likeness (QED) is 0.505. The van der Waals surface area contributed by atoms with Crippen molar-refractivity contribution in [2.75, 3.05) is 18.5 Å². The molecule has 0 saturated carbocycles. The summed E-state index contributed by atoms with van der Waals surface area (Å²) in [5, 5.41) is 3.02. The Kier molecular flexibility index (Phi) is 6.16. The maximum atomic E-state index is 11.5. The molecule has 1 atom stereocenters. The summed E-state index contributed by atoms with van der Waals surface area (Å²) in [7, 11) is 0. The maximum absolute atomic E-state index is 11.5. The van der Waals surface area contributed by atoms with E-state index in [1.165, 1.54) is 0 Å². The molecule has 0 saturated heterocycles. The number of amides is 1. The van der Waals surface area contributed by atoms with Gasteiger partial charge in [-0.3, -0.25) is 4.79 Å². The zero-order valence-corrected chi connectivity index (χ0v) is 15.7. The van der Waals surface area contributed by atoms with Crippen LogP contribution in [-0.4, -0.2) is 25.0 Å². The number of benzene rings is 2. The number of nitrogens with two attached hydrogens (primary N) is 2. The van der Waals surface area contributed by atoms with Gasteiger partial charge in [0.05, 0.1) is 18.8 Å². The van der Waals surface area contributed by atoms with E-state index in [-0.39, 0.29) is 5.96 Å². The van der Waals surface area contributed by atoms with Crippen LogP contribution in [0.25, 0.3) is 0 Å². The number of anilines is 1. The predicted octanol–water partition coefficient (Wildman–Crippen LogP) is 2.64. The van der Waals surface area contributed by atoms with Crippen molar-refractivity contribution >= 4 is 17.6 Å². The van der Waals surface area contributed by atoms with Crippen LogP contribution in [0.3, 0.4) is 0 Å². The normalized spacial score (nSPS) is 16.2. The molecule has 3 rings (SSSR count). The SMILES string of the molecule is CC1C=C(CN=C(N)Nc2ccc(C(N)=O)cc2OCc2ccccc2)OC1. The third-order valence-electron chi connectivity index (χ3n) is 4.17. The van der Waals surface area contributed by atoms with Crippen molar-refractivity contribution in [2.24, 2.45) is 22.4 Å². The van der Waals surface area contributed by atoms with E-state index in [0.717, 1.165) is 11.3 Å². The van der Waals surface area contributed by atoms with E-state index in [0.29, 0.717) is 42.7 Å². The highest BCUT2D eigenvalue weighted by atomic mass is 16.5. The number of hydrogen-bond acceptors (Lipinski definition) is 4. The lowest BCUT2D eigenvalue weighted by molar-refractivity contribution is 0.1000.